The van der Waals surface area contributed by atoms with Crippen molar-refractivity contribution in [2.45, 2.75) is 11.4 Å². The van der Waals surface area contributed by atoms with Crippen LogP contribution >= 0.6 is 23.2 Å². The minimum absolute atomic E-state index is 0.0692. The number of halogens is 3. The lowest BCUT2D eigenvalue weighted by atomic mass is 10.2. The molecule has 0 atom stereocenters. The van der Waals surface area contributed by atoms with Gasteiger partial charge in [0.2, 0.25) is 10.0 Å². The molecule has 0 N–H and O–H groups in total. The van der Waals surface area contributed by atoms with Crippen molar-refractivity contribution in [1.29, 1.82) is 0 Å². The van der Waals surface area contributed by atoms with E-state index in [4.69, 9.17) is 23.2 Å². The normalized spacial score (nSPS) is 11.9. The Labute approximate surface area is 133 Å². The minimum atomic E-state index is -3.86. The van der Waals surface area contributed by atoms with E-state index in [1.54, 1.807) is 12.1 Å². The highest BCUT2D eigenvalue weighted by Gasteiger charge is 2.24. The van der Waals surface area contributed by atoms with Gasteiger partial charge in [-0.1, -0.05) is 41.4 Å². The van der Waals surface area contributed by atoms with Gasteiger partial charge >= 0.3 is 0 Å². The summed E-state index contributed by atoms with van der Waals surface area (Å²) in [6.45, 7) is -0.0994. The van der Waals surface area contributed by atoms with Gasteiger partial charge in [-0.2, -0.15) is 4.31 Å². The van der Waals surface area contributed by atoms with Crippen LogP contribution in [0.2, 0.25) is 10.0 Å². The molecule has 21 heavy (non-hydrogen) atoms. The van der Waals surface area contributed by atoms with Crippen molar-refractivity contribution >= 4 is 33.2 Å². The molecule has 0 saturated heterocycles. The van der Waals surface area contributed by atoms with Gasteiger partial charge in [0.05, 0.1) is 5.02 Å². The second kappa shape index (κ2) is 6.32. The Hall–Kier alpha value is -1.14. The summed E-state index contributed by atoms with van der Waals surface area (Å²) in [5, 5.41) is 0.331. The zero-order valence-electron chi connectivity index (χ0n) is 11.1. The fourth-order valence-corrected chi connectivity index (χ4v) is 3.68. The third-order valence-corrected chi connectivity index (χ3v) is 5.45. The first-order valence-electron chi connectivity index (χ1n) is 5.97. The summed E-state index contributed by atoms with van der Waals surface area (Å²) >= 11 is 11.7. The molecule has 3 nitrogen and oxygen atoms in total. The van der Waals surface area contributed by atoms with E-state index in [2.05, 4.69) is 0 Å². The number of rotatable bonds is 4. The molecule has 0 fully saturated rings. The third-order valence-electron chi connectivity index (χ3n) is 2.93. The zero-order valence-corrected chi connectivity index (χ0v) is 13.4. The van der Waals surface area contributed by atoms with Gasteiger partial charge < -0.3 is 0 Å². The van der Waals surface area contributed by atoms with Gasteiger partial charge in [-0.05, 0) is 24.3 Å². The van der Waals surface area contributed by atoms with Gasteiger partial charge in [-0.3, -0.25) is 0 Å². The summed E-state index contributed by atoms with van der Waals surface area (Å²) in [5.41, 5.74) is 0.279. The molecule has 0 aliphatic heterocycles. The predicted octanol–water partition coefficient (Wildman–Crippen LogP) is 3.95. The monoisotopic (exact) mass is 347 g/mol. The molecule has 0 radical (unpaired) electrons. The molecular weight excluding hydrogens is 336 g/mol. The summed E-state index contributed by atoms with van der Waals surface area (Å²) < 4.78 is 39.6. The topological polar surface area (TPSA) is 37.4 Å². The molecular formula is C14H12Cl2FNO2S. The van der Waals surface area contributed by atoms with Crippen LogP contribution in [0, 0.1) is 5.82 Å². The Balaban J connectivity index is 2.35. The van der Waals surface area contributed by atoms with Crippen molar-refractivity contribution in [3.63, 3.8) is 0 Å². The van der Waals surface area contributed by atoms with Crippen LogP contribution in [0.15, 0.2) is 47.4 Å². The second-order valence-electron chi connectivity index (χ2n) is 4.43. The maximum atomic E-state index is 13.6. The first-order valence-corrected chi connectivity index (χ1v) is 8.17. The highest BCUT2D eigenvalue weighted by Crippen LogP contribution is 2.28. The Kier molecular flexibility index (Phi) is 4.88. The van der Waals surface area contributed by atoms with Gasteiger partial charge in [0.15, 0.2) is 0 Å². The molecule has 0 aliphatic rings. The summed E-state index contributed by atoms with van der Waals surface area (Å²) in [6.07, 6.45) is 0. The lowest BCUT2D eigenvalue weighted by molar-refractivity contribution is 0.456. The number of hydrogen-bond acceptors (Lipinski definition) is 2. The van der Waals surface area contributed by atoms with Crippen molar-refractivity contribution in [2.75, 3.05) is 7.05 Å². The molecule has 0 heterocycles. The maximum Gasteiger partial charge on any atom is 0.244 e. The lowest BCUT2D eigenvalue weighted by Gasteiger charge is -2.18. The van der Waals surface area contributed by atoms with E-state index in [9.17, 15) is 12.8 Å². The van der Waals surface area contributed by atoms with Crippen LogP contribution in [0.1, 0.15) is 5.56 Å². The molecule has 0 aliphatic carbocycles. The van der Waals surface area contributed by atoms with Crippen LogP contribution in [0.5, 0.6) is 0 Å². The van der Waals surface area contributed by atoms with E-state index >= 15 is 0 Å². The largest absolute Gasteiger partial charge is 0.244 e. The maximum absolute atomic E-state index is 13.6. The van der Waals surface area contributed by atoms with Crippen LogP contribution < -0.4 is 0 Å². The molecule has 0 bridgehead atoms. The summed E-state index contributed by atoms with van der Waals surface area (Å²) in [5.74, 6) is -0.461. The fourth-order valence-electron chi connectivity index (χ4n) is 1.79. The molecule has 2 aromatic carbocycles. The second-order valence-corrected chi connectivity index (χ2v) is 7.28. The smallest absolute Gasteiger partial charge is 0.207 e. The van der Waals surface area contributed by atoms with E-state index in [1.807, 2.05) is 0 Å². The summed E-state index contributed by atoms with van der Waals surface area (Å²) in [6, 6.07) is 10.2. The van der Waals surface area contributed by atoms with Gasteiger partial charge in [0.1, 0.15) is 10.7 Å². The van der Waals surface area contributed by atoms with E-state index in [1.165, 1.54) is 37.4 Å². The van der Waals surface area contributed by atoms with Crippen LogP contribution in [0.3, 0.4) is 0 Å². The van der Waals surface area contributed by atoms with Crippen molar-refractivity contribution in [2.24, 2.45) is 0 Å². The van der Waals surface area contributed by atoms with Gasteiger partial charge in [0, 0.05) is 24.2 Å². The quantitative estimate of drug-likeness (QED) is 0.839. The molecule has 0 aromatic heterocycles. The zero-order chi connectivity index (χ0) is 15.6. The number of nitrogens with zero attached hydrogens (tertiary/aromatic N) is 1. The molecule has 0 unspecified atom stereocenters. The summed E-state index contributed by atoms with van der Waals surface area (Å²) in [7, 11) is -2.50. The van der Waals surface area contributed by atoms with Crippen LogP contribution in [-0.2, 0) is 16.6 Å². The SMILES string of the molecule is CN(Cc1ccccc1F)S(=O)(=O)c1cc(Cl)ccc1Cl. The standard InChI is InChI=1S/C14H12Cl2FNO2S/c1-18(9-10-4-2-3-5-13(10)17)21(19,20)14-8-11(15)6-7-12(14)16/h2-8H,9H2,1H3. The lowest BCUT2D eigenvalue weighted by Crippen LogP contribution is -2.27. The molecule has 112 valence electrons. The van der Waals surface area contributed by atoms with E-state index in [-0.39, 0.29) is 27.0 Å². The first kappa shape index (κ1) is 16.2. The number of hydrogen-bond donors (Lipinski definition) is 0. The molecule has 2 aromatic rings. The number of benzene rings is 2. The molecule has 0 saturated carbocycles. The van der Waals surface area contributed by atoms with Gasteiger partial charge in [-0.25, -0.2) is 12.8 Å². The Morgan fingerprint density at radius 2 is 1.81 bits per heavy atom. The summed E-state index contributed by atoms with van der Waals surface area (Å²) in [4.78, 5) is -0.101. The highest BCUT2D eigenvalue weighted by molar-refractivity contribution is 7.89. The molecule has 0 spiro atoms. The van der Waals surface area contributed by atoms with Crippen LogP contribution in [0.4, 0.5) is 4.39 Å². The predicted molar refractivity (Wildman–Crippen MR) is 81.5 cm³/mol. The third kappa shape index (κ3) is 3.55. The van der Waals surface area contributed by atoms with E-state index in [0.29, 0.717) is 0 Å². The van der Waals surface area contributed by atoms with Crippen molar-refractivity contribution < 1.29 is 12.8 Å². The number of sulfonamides is 1. The van der Waals surface area contributed by atoms with E-state index < -0.39 is 15.8 Å². The average molecular weight is 348 g/mol. The Morgan fingerprint density at radius 3 is 2.48 bits per heavy atom. The van der Waals surface area contributed by atoms with Gasteiger partial charge in [0.25, 0.3) is 0 Å². The van der Waals surface area contributed by atoms with Crippen LogP contribution in [0.25, 0.3) is 0 Å². The Morgan fingerprint density at radius 1 is 1.14 bits per heavy atom. The first-order chi connectivity index (χ1) is 9.82. The molecule has 7 heteroatoms. The molecule has 0 amide bonds. The highest BCUT2D eigenvalue weighted by atomic mass is 35.5. The fraction of sp³-hybridized carbons (Fsp3) is 0.143. The van der Waals surface area contributed by atoms with E-state index in [0.717, 1.165) is 4.31 Å². The Bertz CT molecular complexity index is 765. The van der Waals surface area contributed by atoms with Gasteiger partial charge in [-0.15, -0.1) is 0 Å². The average Bonchev–Trinajstić information content (AvgIpc) is 2.43. The van der Waals surface area contributed by atoms with Crippen molar-refractivity contribution in [3.05, 3.63) is 63.9 Å². The minimum Gasteiger partial charge on any atom is -0.207 e. The van der Waals surface area contributed by atoms with Crippen LogP contribution in [-0.4, -0.2) is 19.8 Å². The van der Waals surface area contributed by atoms with Crippen molar-refractivity contribution in [3.8, 4) is 0 Å². The van der Waals surface area contributed by atoms with Crippen molar-refractivity contribution in [1.82, 2.24) is 4.31 Å². The molecule has 2 rings (SSSR count).